The van der Waals surface area contributed by atoms with E-state index in [2.05, 4.69) is 27.4 Å². The van der Waals surface area contributed by atoms with Crippen molar-refractivity contribution in [2.75, 3.05) is 26.2 Å². The Kier molecular flexibility index (Phi) is 11.3. The van der Waals surface area contributed by atoms with Crippen molar-refractivity contribution in [3.8, 4) is 6.07 Å². The molecule has 1 saturated heterocycles. The lowest BCUT2D eigenvalue weighted by Gasteiger charge is -2.33. The molecule has 1 aromatic rings. The summed E-state index contributed by atoms with van der Waals surface area (Å²) in [4.78, 5) is 7.05. The lowest BCUT2D eigenvalue weighted by molar-refractivity contribution is 0.203. The van der Waals surface area contributed by atoms with Crippen molar-refractivity contribution >= 4 is 29.9 Å². The molecule has 0 atom stereocenters. The number of piperidine rings is 1. The Bertz CT molecular complexity index is 636. The fourth-order valence-corrected chi connectivity index (χ4v) is 3.11. The van der Waals surface area contributed by atoms with E-state index in [0.29, 0.717) is 17.2 Å². The predicted octanol–water partition coefficient (Wildman–Crippen LogP) is 3.63. The van der Waals surface area contributed by atoms with Gasteiger partial charge >= 0.3 is 0 Å². The first-order valence-electron chi connectivity index (χ1n) is 9.62. The summed E-state index contributed by atoms with van der Waals surface area (Å²) in [6.45, 7) is 8.67. The first-order chi connectivity index (χ1) is 12.7. The molecule has 1 aliphatic rings. The molecular weight excluding hydrogens is 456 g/mol. The van der Waals surface area contributed by atoms with Crippen LogP contribution in [0.4, 0.5) is 4.39 Å². The minimum Gasteiger partial charge on any atom is -0.357 e. The van der Waals surface area contributed by atoms with E-state index < -0.39 is 0 Å². The smallest absolute Gasteiger partial charge is 0.191 e. The number of benzene rings is 1. The molecule has 1 heterocycles. The third-order valence-electron chi connectivity index (χ3n) is 4.69. The normalized spacial score (nSPS) is 15.7. The number of unbranched alkanes of at least 4 members (excludes halogenated alkanes) is 1. The summed E-state index contributed by atoms with van der Waals surface area (Å²) >= 11 is 0. The largest absolute Gasteiger partial charge is 0.357 e. The van der Waals surface area contributed by atoms with Crippen LogP contribution in [0.25, 0.3) is 0 Å². The van der Waals surface area contributed by atoms with Crippen molar-refractivity contribution in [3.63, 3.8) is 0 Å². The van der Waals surface area contributed by atoms with E-state index in [1.54, 1.807) is 12.1 Å². The van der Waals surface area contributed by atoms with Gasteiger partial charge in [0, 0.05) is 31.2 Å². The monoisotopic (exact) mass is 487 g/mol. The molecule has 0 bridgehead atoms. The highest BCUT2D eigenvalue weighted by molar-refractivity contribution is 14.0. The van der Waals surface area contributed by atoms with Gasteiger partial charge in [0.15, 0.2) is 5.96 Å². The molecule has 150 valence electrons. The van der Waals surface area contributed by atoms with Gasteiger partial charge in [-0.15, -0.1) is 24.0 Å². The van der Waals surface area contributed by atoms with Crippen LogP contribution in [0.3, 0.4) is 0 Å². The van der Waals surface area contributed by atoms with Gasteiger partial charge in [-0.1, -0.05) is 19.4 Å². The van der Waals surface area contributed by atoms with Gasteiger partial charge < -0.3 is 15.5 Å². The summed E-state index contributed by atoms with van der Waals surface area (Å²) in [6, 6.07) is 6.86. The molecule has 5 nitrogen and oxygen atoms in total. The van der Waals surface area contributed by atoms with Crippen LogP contribution in [0.1, 0.15) is 50.7 Å². The average molecular weight is 487 g/mol. The standard InChI is InChI=1S/C20H30FN5.HI/c1-3-5-10-26-11-8-18(9-12-26)25-20(23-4-2)24-15-17-7-6-16(14-22)13-19(17)21;/h6-7,13,18H,3-5,8-12,15H2,1-2H3,(H2,23,24,25);1H. The molecule has 0 aliphatic carbocycles. The number of halogens is 2. The topological polar surface area (TPSA) is 63.5 Å². The quantitative estimate of drug-likeness (QED) is 0.350. The minimum absolute atomic E-state index is 0. The molecule has 2 N–H and O–H groups in total. The Morgan fingerprint density at radius 1 is 1.33 bits per heavy atom. The highest BCUT2D eigenvalue weighted by Gasteiger charge is 2.19. The van der Waals surface area contributed by atoms with Gasteiger partial charge in [0.05, 0.1) is 18.2 Å². The van der Waals surface area contributed by atoms with Crippen LogP contribution in [-0.2, 0) is 6.54 Å². The highest BCUT2D eigenvalue weighted by atomic mass is 127. The zero-order chi connectivity index (χ0) is 18.8. The first kappa shape index (κ1) is 23.6. The number of aliphatic imine (C=N–C) groups is 1. The number of likely N-dealkylation sites (tertiary alicyclic amines) is 1. The number of guanidine groups is 1. The van der Waals surface area contributed by atoms with Crippen LogP contribution in [0.2, 0.25) is 0 Å². The van der Waals surface area contributed by atoms with Gasteiger partial charge in [-0.2, -0.15) is 5.26 Å². The Morgan fingerprint density at radius 3 is 2.67 bits per heavy atom. The van der Waals surface area contributed by atoms with E-state index >= 15 is 0 Å². The Labute approximate surface area is 179 Å². The molecular formula is C20H31FIN5. The fraction of sp³-hybridized carbons (Fsp3) is 0.600. The van der Waals surface area contributed by atoms with E-state index in [4.69, 9.17) is 5.26 Å². The van der Waals surface area contributed by atoms with E-state index in [0.717, 1.165) is 38.4 Å². The van der Waals surface area contributed by atoms with E-state index in [1.165, 1.54) is 25.5 Å². The Balaban J connectivity index is 0.00000364. The van der Waals surface area contributed by atoms with Crippen molar-refractivity contribution in [2.45, 2.75) is 52.1 Å². The second-order valence-corrected chi connectivity index (χ2v) is 6.73. The molecule has 0 saturated carbocycles. The fourth-order valence-electron chi connectivity index (χ4n) is 3.11. The van der Waals surface area contributed by atoms with Crippen LogP contribution in [0, 0.1) is 17.1 Å². The number of nitriles is 1. The lowest BCUT2D eigenvalue weighted by atomic mass is 10.0. The summed E-state index contributed by atoms with van der Waals surface area (Å²) in [5.74, 6) is 0.344. The molecule has 27 heavy (non-hydrogen) atoms. The average Bonchev–Trinajstić information content (AvgIpc) is 2.66. The molecule has 7 heteroatoms. The van der Waals surface area contributed by atoms with Crippen LogP contribution in [-0.4, -0.2) is 43.1 Å². The molecule has 0 radical (unpaired) electrons. The summed E-state index contributed by atoms with van der Waals surface area (Å²) < 4.78 is 14.0. The third-order valence-corrected chi connectivity index (χ3v) is 4.69. The molecule has 2 rings (SSSR count). The van der Waals surface area contributed by atoms with Crippen LogP contribution in [0.15, 0.2) is 23.2 Å². The van der Waals surface area contributed by atoms with E-state index in [9.17, 15) is 4.39 Å². The molecule has 1 fully saturated rings. The number of nitrogens with one attached hydrogen (secondary N) is 2. The zero-order valence-electron chi connectivity index (χ0n) is 16.3. The van der Waals surface area contributed by atoms with Crippen molar-refractivity contribution in [2.24, 2.45) is 4.99 Å². The summed E-state index contributed by atoms with van der Waals surface area (Å²) in [5, 5.41) is 15.5. The summed E-state index contributed by atoms with van der Waals surface area (Å²) in [7, 11) is 0. The number of rotatable bonds is 7. The number of hydrogen-bond acceptors (Lipinski definition) is 3. The Hall–Kier alpha value is -1.40. The van der Waals surface area contributed by atoms with Gasteiger partial charge in [0.25, 0.3) is 0 Å². The molecule has 0 amide bonds. The highest BCUT2D eigenvalue weighted by Crippen LogP contribution is 2.13. The second-order valence-electron chi connectivity index (χ2n) is 6.73. The van der Waals surface area contributed by atoms with Crippen molar-refractivity contribution < 1.29 is 4.39 Å². The van der Waals surface area contributed by atoms with Crippen LogP contribution < -0.4 is 10.6 Å². The van der Waals surface area contributed by atoms with Crippen molar-refractivity contribution in [1.29, 1.82) is 5.26 Å². The summed E-state index contributed by atoms with van der Waals surface area (Å²) in [5.41, 5.74) is 0.825. The number of hydrogen-bond donors (Lipinski definition) is 2. The van der Waals surface area contributed by atoms with Crippen molar-refractivity contribution in [1.82, 2.24) is 15.5 Å². The van der Waals surface area contributed by atoms with Crippen molar-refractivity contribution in [3.05, 3.63) is 35.1 Å². The molecule has 0 spiro atoms. The van der Waals surface area contributed by atoms with Gasteiger partial charge in [-0.25, -0.2) is 9.38 Å². The predicted molar refractivity (Wildman–Crippen MR) is 119 cm³/mol. The molecule has 0 unspecified atom stereocenters. The van der Waals surface area contributed by atoms with Gasteiger partial charge in [0.2, 0.25) is 0 Å². The van der Waals surface area contributed by atoms with Gasteiger partial charge in [0.1, 0.15) is 5.82 Å². The lowest BCUT2D eigenvalue weighted by Crippen LogP contribution is -2.48. The minimum atomic E-state index is -0.382. The van der Waals surface area contributed by atoms with E-state index in [-0.39, 0.29) is 36.3 Å². The SMILES string of the molecule is CCCCN1CCC(NC(=NCc2ccc(C#N)cc2F)NCC)CC1.I. The Morgan fingerprint density at radius 2 is 2.07 bits per heavy atom. The third kappa shape index (κ3) is 8.01. The summed E-state index contributed by atoms with van der Waals surface area (Å²) in [6.07, 6.45) is 4.69. The second kappa shape index (κ2) is 12.9. The first-order valence-corrected chi connectivity index (χ1v) is 9.62. The van der Waals surface area contributed by atoms with Gasteiger partial charge in [-0.3, -0.25) is 0 Å². The zero-order valence-corrected chi connectivity index (χ0v) is 18.6. The molecule has 1 aliphatic heterocycles. The van der Waals surface area contributed by atoms with Gasteiger partial charge in [-0.05, 0) is 44.9 Å². The maximum atomic E-state index is 14.0. The molecule has 1 aromatic carbocycles. The van der Waals surface area contributed by atoms with E-state index in [1.807, 2.05) is 13.0 Å². The van der Waals surface area contributed by atoms with Crippen LogP contribution >= 0.6 is 24.0 Å². The molecule has 0 aromatic heterocycles. The number of nitrogens with zero attached hydrogens (tertiary/aromatic N) is 3. The maximum absolute atomic E-state index is 14.0. The maximum Gasteiger partial charge on any atom is 0.191 e. The van der Waals surface area contributed by atoms with Crippen LogP contribution in [0.5, 0.6) is 0 Å².